The van der Waals surface area contributed by atoms with Crippen LogP contribution in [0.1, 0.15) is 18.0 Å². The van der Waals surface area contributed by atoms with E-state index in [2.05, 4.69) is 15.4 Å². The molecule has 1 N–H and O–H groups in total. The molecule has 0 saturated carbocycles. The predicted molar refractivity (Wildman–Crippen MR) is 75.1 cm³/mol. The van der Waals surface area contributed by atoms with Crippen LogP contribution in [0.15, 0.2) is 36.5 Å². The number of fused-ring (bicyclic) bond motifs is 3. The topological polar surface area (TPSA) is 42.7 Å². The van der Waals surface area contributed by atoms with Gasteiger partial charge in [0.1, 0.15) is 17.5 Å². The minimum Gasteiger partial charge on any atom is -0.370 e. The molecule has 0 bridgehead atoms. The van der Waals surface area contributed by atoms with Crippen LogP contribution in [-0.2, 0) is 0 Å². The highest BCUT2D eigenvalue weighted by atomic mass is 19.1. The van der Waals surface area contributed by atoms with Crippen molar-refractivity contribution in [3.63, 3.8) is 0 Å². The van der Waals surface area contributed by atoms with E-state index in [0.717, 1.165) is 23.8 Å². The highest BCUT2D eigenvalue weighted by Crippen LogP contribution is 2.34. The third-order valence-corrected chi connectivity index (χ3v) is 3.75. The number of aromatic nitrogens is 3. The number of pyridine rings is 1. The van der Waals surface area contributed by atoms with Gasteiger partial charge in [0.05, 0.1) is 11.4 Å². The molecule has 4 rings (SSSR count). The van der Waals surface area contributed by atoms with Crippen molar-refractivity contribution in [1.29, 1.82) is 0 Å². The zero-order valence-corrected chi connectivity index (χ0v) is 11.1. The van der Waals surface area contributed by atoms with Crippen molar-refractivity contribution in [3.05, 3.63) is 53.7 Å². The van der Waals surface area contributed by atoms with Crippen LogP contribution in [0, 0.1) is 11.6 Å². The van der Waals surface area contributed by atoms with E-state index in [-0.39, 0.29) is 6.04 Å². The van der Waals surface area contributed by atoms with Crippen LogP contribution in [0.25, 0.3) is 11.0 Å². The molecule has 106 valence electrons. The van der Waals surface area contributed by atoms with E-state index in [9.17, 15) is 8.78 Å². The molecule has 1 aliphatic rings. The summed E-state index contributed by atoms with van der Waals surface area (Å²) in [6.07, 6.45) is 2.39. The van der Waals surface area contributed by atoms with Gasteiger partial charge in [-0.05, 0) is 36.2 Å². The number of hydrogen-bond acceptors (Lipinski definition) is 3. The lowest BCUT2D eigenvalue weighted by molar-refractivity contribution is 0.477. The third-order valence-electron chi connectivity index (χ3n) is 3.75. The molecule has 0 aliphatic carbocycles. The minimum absolute atomic E-state index is 0.194. The largest absolute Gasteiger partial charge is 0.370 e. The number of anilines is 1. The zero-order chi connectivity index (χ0) is 14.4. The Morgan fingerprint density at radius 1 is 1.19 bits per heavy atom. The average Bonchev–Trinajstić information content (AvgIpc) is 2.84. The molecule has 0 amide bonds. The normalized spacial score (nSPS) is 17.5. The van der Waals surface area contributed by atoms with Gasteiger partial charge in [0.15, 0.2) is 5.65 Å². The maximum Gasteiger partial charge on any atom is 0.183 e. The van der Waals surface area contributed by atoms with Crippen LogP contribution in [0.5, 0.6) is 0 Å². The van der Waals surface area contributed by atoms with Crippen molar-refractivity contribution >= 4 is 16.9 Å². The van der Waals surface area contributed by atoms with Gasteiger partial charge in [0.2, 0.25) is 0 Å². The summed E-state index contributed by atoms with van der Waals surface area (Å²) in [5, 5.41) is 8.67. The summed E-state index contributed by atoms with van der Waals surface area (Å²) in [6, 6.07) is 7.19. The Morgan fingerprint density at radius 3 is 2.81 bits per heavy atom. The van der Waals surface area contributed by atoms with Gasteiger partial charge < -0.3 is 5.32 Å². The maximum absolute atomic E-state index is 13.5. The van der Waals surface area contributed by atoms with Gasteiger partial charge in [0.25, 0.3) is 0 Å². The second kappa shape index (κ2) is 4.51. The number of hydrogen-bond donors (Lipinski definition) is 1. The Labute approximate surface area is 119 Å². The molecule has 1 aromatic carbocycles. The van der Waals surface area contributed by atoms with Crippen molar-refractivity contribution in [2.45, 2.75) is 12.5 Å². The van der Waals surface area contributed by atoms with Gasteiger partial charge in [-0.25, -0.2) is 18.4 Å². The Balaban J connectivity index is 1.90. The number of halogens is 2. The fourth-order valence-corrected chi connectivity index (χ4v) is 2.86. The van der Waals surface area contributed by atoms with Crippen molar-refractivity contribution in [2.24, 2.45) is 0 Å². The summed E-state index contributed by atoms with van der Waals surface area (Å²) < 4.78 is 28.7. The van der Waals surface area contributed by atoms with E-state index in [4.69, 9.17) is 0 Å². The first-order valence-electron chi connectivity index (χ1n) is 6.75. The van der Waals surface area contributed by atoms with Gasteiger partial charge in [0, 0.05) is 18.8 Å². The van der Waals surface area contributed by atoms with Crippen LogP contribution in [-0.4, -0.2) is 21.3 Å². The van der Waals surface area contributed by atoms with Gasteiger partial charge in [-0.2, -0.15) is 0 Å². The molecular formula is C15H12F2N4. The van der Waals surface area contributed by atoms with Crippen LogP contribution in [0.2, 0.25) is 0 Å². The van der Waals surface area contributed by atoms with E-state index in [1.807, 2.05) is 12.1 Å². The maximum atomic E-state index is 13.5. The predicted octanol–water partition coefficient (Wildman–Crippen LogP) is 3.11. The summed E-state index contributed by atoms with van der Waals surface area (Å²) in [5.74, 6) is -0.293. The molecule has 0 saturated heterocycles. The fourth-order valence-electron chi connectivity index (χ4n) is 2.86. The second-order valence-corrected chi connectivity index (χ2v) is 5.10. The SMILES string of the molecule is Fc1cc(F)cc(C2CCNc3c4cccnc4nn32)c1. The van der Waals surface area contributed by atoms with Gasteiger partial charge >= 0.3 is 0 Å². The van der Waals surface area contributed by atoms with Gasteiger partial charge in [-0.3, -0.25) is 0 Å². The summed E-state index contributed by atoms with van der Waals surface area (Å²) in [5.41, 5.74) is 1.21. The average molecular weight is 286 g/mol. The van der Waals surface area contributed by atoms with Crippen molar-refractivity contribution in [3.8, 4) is 0 Å². The van der Waals surface area contributed by atoms with E-state index < -0.39 is 11.6 Å². The summed E-state index contributed by atoms with van der Waals surface area (Å²) in [7, 11) is 0. The fraction of sp³-hybridized carbons (Fsp3) is 0.200. The monoisotopic (exact) mass is 286 g/mol. The van der Waals surface area contributed by atoms with Gasteiger partial charge in [-0.15, -0.1) is 5.10 Å². The highest BCUT2D eigenvalue weighted by molar-refractivity contribution is 5.87. The first-order chi connectivity index (χ1) is 10.2. The number of benzene rings is 1. The van der Waals surface area contributed by atoms with Crippen LogP contribution >= 0.6 is 0 Å². The first kappa shape index (κ1) is 12.3. The Morgan fingerprint density at radius 2 is 2.00 bits per heavy atom. The summed E-state index contributed by atoms with van der Waals surface area (Å²) >= 11 is 0. The van der Waals surface area contributed by atoms with E-state index in [0.29, 0.717) is 17.6 Å². The lowest BCUT2D eigenvalue weighted by Crippen LogP contribution is -2.24. The molecule has 4 nitrogen and oxygen atoms in total. The number of nitrogens with one attached hydrogen (secondary N) is 1. The molecule has 6 heteroatoms. The minimum atomic E-state index is -0.570. The second-order valence-electron chi connectivity index (χ2n) is 5.10. The van der Waals surface area contributed by atoms with Crippen molar-refractivity contribution in [1.82, 2.24) is 14.8 Å². The highest BCUT2D eigenvalue weighted by Gasteiger charge is 2.25. The lowest BCUT2D eigenvalue weighted by Gasteiger charge is -2.26. The van der Waals surface area contributed by atoms with Crippen LogP contribution < -0.4 is 5.32 Å². The standard InChI is InChI=1S/C15H12F2N4/c16-10-6-9(7-11(17)8-10)13-3-5-19-15-12-2-1-4-18-14(12)20-21(13)15/h1-2,4,6-8,13,19H,3,5H2. The summed E-state index contributed by atoms with van der Waals surface area (Å²) in [6.45, 7) is 0.721. The molecule has 1 atom stereocenters. The number of nitrogens with zero attached hydrogens (tertiary/aromatic N) is 3. The molecule has 3 heterocycles. The molecule has 1 unspecified atom stereocenters. The molecular weight excluding hydrogens is 274 g/mol. The molecule has 0 radical (unpaired) electrons. The molecule has 3 aromatic rings. The van der Waals surface area contributed by atoms with E-state index in [1.165, 1.54) is 12.1 Å². The van der Waals surface area contributed by atoms with E-state index >= 15 is 0 Å². The van der Waals surface area contributed by atoms with Crippen LogP contribution in [0.4, 0.5) is 14.6 Å². The Kier molecular flexibility index (Phi) is 2.63. The van der Waals surface area contributed by atoms with Crippen molar-refractivity contribution < 1.29 is 8.78 Å². The smallest absolute Gasteiger partial charge is 0.183 e. The van der Waals surface area contributed by atoms with E-state index in [1.54, 1.807) is 10.9 Å². The van der Waals surface area contributed by atoms with Crippen LogP contribution in [0.3, 0.4) is 0 Å². The van der Waals surface area contributed by atoms with Crippen molar-refractivity contribution in [2.75, 3.05) is 11.9 Å². The Bertz CT molecular complexity index is 807. The quantitative estimate of drug-likeness (QED) is 0.747. The molecule has 21 heavy (non-hydrogen) atoms. The Hall–Kier alpha value is -2.50. The summed E-state index contributed by atoms with van der Waals surface area (Å²) in [4.78, 5) is 4.23. The van der Waals surface area contributed by atoms with Gasteiger partial charge in [-0.1, -0.05) is 0 Å². The molecule has 2 aromatic heterocycles. The lowest BCUT2D eigenvalue weighted by atomic mass is 10.0. The zero-order valence-electron chi connectivity index (χ0n) is 11.1. The third kappa shape index (κ3) is 1.94. The first-order valence-corrected chi connectivity index (χ1v) is 6.75. The molecule has 1 aliphatic heterocycles. The molecule has 0 spiro atoms. The molecule has 0 fully saturated rings. The number of rotatable bonds is 1.